The molecule has 4 aromatic rings. The van der Waals surface area contributed by atoms with E-state index in [2.05, 4.69) is 9.97 Å². The van der Waals surface area contributed by atoms with Gasteiger partial charge in [-0.05, 0) is 22.9 Å². The highest BCUT2D eigenvalue weighted by molar-refractivity contribution is 6.15. The second kappa shape index (κ2) is 7.20. The molecule has 0 aliphatic heterocycles. The first-order valence-corrected chi connectivity index (χ1v) is 8.92. The predicted molar refractivity (Wildman–Crippen MR) is 103 cm³/mol. The maximum absolute atomic E-state index is 13.2. The van der Waals surface area contributed by atoms with Gasteiger partial charge in [-0.3, -0.25) is 9.78 Å². The zero-order valence-corrected chi connectivity index (χ0v) is 15.5. The molecule has 0 aliphatic rings. The summed E-state index contributed by atoms with van der Waals surface area (Å²) in [5, 5.41) is 2.72. The van der Waals surface area contributed by atoms with E-state index in [1.807, 2.05) is 30.3 Å². The molecule has 0 N–H and O–H groups in total. The summed E-state index contributed by atoms with van der Waals surface area (Å²) in [7, 11) is 1.54. The fourth-order valence-corrected chi connectivity index (χ4v) is 3.41. The van der Waals surface area contributed by atoms with Crippen molar-refractivity contribution in [2.75, 3.05) is 7.05 Å². The van der Waals surface area contributed by atoms with Gasteiger partial charge in [0.2, 0.25) is 0 Å². The number of imidazole rings is 1. The zero-order valence-electron chi connectivity index (χ0n) is 15.5. The van der Waals surface area contributed by atoms with Crippen molar-refractivity contribution in [3.05, 3.63) is 72.4 Å². The van der Waals surface area contributed by atoms with E-state index in [0.29, 0.717) is 11.1 Å². The molecular formula is C21H17F3N4O. The first kappa shape index (κ1) is 18.9. The topological polar surface area (TPSA) is 51.0 Å². The van der Waals surface area contributed by atoms with Crippen LogP contribution in [0.15, 0.2) is 61.1 Å². The van der Waals surface area contributed by atoms with Gasteiger partial charge in [0.25, 0.3) is 5.91 Å². The van der Waals surface area contributed by atoms with E-state index in [1.54, 1.807) is 25.4 Å². The van der Waals surface area contributed by atoms with Crippen LogP contribution in [0.5, 0.6) is 0 Å². The normalized spacial score (nSPS) is 11.9. The number of nitrogens with zero attached hydrogens (tertiary/aromatic N) is 4. The lowest BCUT2D eigenvalue weighted by atomic mass is 10.00. The van der Waals surface area contributed by atoms with E-state index in [9.17, 15) is 18.0 Å². The van der Waals surface area contributed by atoms with Crippen LogP contribution >= 0.6 is 0 Å². The molecule has 0 aliphatic carbocycles. The van der Waals surface area contributed by atoms with Crippen molar-refractivity contribution in [1.82, 2.24) is 19.4 Å². The van der Waals surface area contributed by atoms with Crippen LogP contribution in [0.4, 0.5) is 13.2 Å². The lowest BCUT2D eigenvalue weighted by Crippen LogP contribution is -2.29. The van der Waals surface area contributed by atoms with Crippen LogP contribution in [0.1, 0.15) is 16.2 Å². The van der Waals surface area contributed by atoms with Gasteiger partial charge in [0.15, 0.2) is 0 Å². The van der Waals surface area contributed by atoms with Gasteiger partial charge in [-0.25, -0.2) is 4.98 Å². The number of pyridine rings is 1. The van der Waals surface area contributed by atoms with Crippen molar-refractivity contribution in [3.8, 4) is 0 Å². The first-order chi connectivity index (χ1) is 13.8. The van der Waals surface area contributed by atoms with Crippen LogP contribution < -0.4 is 0 Å². The van der Waals surface area contributed by atoms with E-state index in [1.165, 1.54) is 17.3 Å². The molecule has 8 heteroatoms. The predicted octanol–water partition coefficient (Wildman–Crippen LogP) is 4.42. The molecule has 0 saturated heterocycles. The zero-order chi connectivity index (χ0) is 20.6. The third-order valence-corrected chi connectivity index (χ3v) is 4.72. The number of aromatic nitrogens is 3. The van der Waals surface area contributed by atoms with Crippen LogP contribution in [-0.4, -0.2) is 38.6 Å². The second-order valence-corrected chi connectivity index (χ2v) is 6.79. The molecule has 2 aromatic carbocycles. The van der Waals surface area contributed by atoms with Crippen molar-refractivity contribution in [2.45, 2.75) is 19.3 Å². The number of carbonyl (C=O) groups is 1. The van der Waals surface area contributed by atoms with Crippen molar-refractivity contribution in [1.29, 1.82) is 0 Å². The summed E-state index contributed by atoms with van der Waals surface area (Å²) in [6.45, 7) is -1.20. The molecule has 0 spiro atoms. The lowest BCUT2D eigenvalue weighted by molar-refractivity contribution is -0.141. The average Bonchev–Trinajstić information content (AvgIpc) is 3.11. The summed E-state index contributed by atoms with van der Waals surface area (Å²) in [5.41, 5.74) is 0.956. The molecule has 2 heterocycles. The molecule has 148 valence electrons. The fraction of sp³-hybridized carbons (Fsp3) is 0.190. The minimum atomic E-state index is -4.36. The van der Waals surface area contributed by atoms with Crippen LogP contribution in [0.3, 0.4) is 0 Å². The van der Waals surface area contributed by atoms with E-state index >= 15 is 0 Å². The number of fused-ring (bicyclic) bond motifs is 3. The molecule has 4 rings (SSSR count). The summed E-state index contributed by atoms with van der Waals surface area (Å²) in [4.78, 5) is 22.9. The Morgan fingerprint density at radius 1 is 1.07 bits per heavy atom. The standard InChI is InChI=1S/C21H17F3N4O/c1-27(12-18-25-9-10-28(18)13-21(22,23)24)20(29)17-11-14-5-2-3-6-15(14)16-7-4-8-26-19(16)17/h2-11H,12-13H2,1H3. The molecule has 0 unspecified atom stereocenters. The highest BCUT2D eigenvalue weighted by atomic mass is 19.4. The Morgan fingerprint density at radius 3 is 2.62 bits per heavy atom. The highest BCUT2D eigenvalue weighted by Crippen LogP contribution is 2.28. The van der Waals surface area contributed by atoms with Gasteiger partial charge in [0.05, 0.1) is 17.6 Å². The van der Waals surface area contributed by atoms with Crippen LogP contribution in [0, 0.1) is 0 Å². The SMILES string of the molecule is CN(Cc1nccn1CC(F)(F)F)C(=O)c1cc2ccccc2c2cccnc12. The Labute approximate surface area is 164 Å². The largest absolute Gasteiger partial charge is 0.406 e. The van der Waals surface area contributed by atoms with Crippen molar-refractivity contribution in [3.63, 3.8) is 0 Å². The summed E-state index contributed by atoms with van der Waals surface area (Å²) in [5.74, 6) is -0.169. The third-order valence-electron chi connectivity index (χ3n) is 4.72. The summed E-state index contributed by atoms with van der Waals surface area (Å²) >= 11 is 0. The first-order valence-electron chi connectivity index (χ1n) is 8.92. The minimum Gasteiger partial charge on any atom is -0.334 e. The Balaban J connectivity index is 1.70. The number of hydrogen-bond acceptors (Lipinski definition) is 3. The molecule has 0 bridgehead atoms. The fourth-order valence-electron chi connectivity index (χ4n) is 3.41. The average molecular weight is 398 g/mol. The molecule has 0 atom stereocenters. The van der Waals surface area contributed by atoms with Gasteiger partial charge >= 0.3 is 6.18 Å². The Bertz CT molecular complexity index is 1200. The minimum absolute atomic E-state index is 0.0525. The number of rotatable bonds is 4. The van der Waals surface area contributed by atoms with Gasteiger partial charge in [0.1, 0.15) is 12.4 Å². The Kier molecular flexibility index (Phi) is 4.70. The molecule has 2 aromatic heterocycles. The van der Waals surface area contributed by atoms with Gasteiger partial charge < -0.3 is 9.47 Å². The Morgan fingerprint density at radius 2 is 1.83 bits per heavy atom. The van der Waals surface area contributed by atoms with Crippen LogP contribution in [0.2, 0.25) is 0 Å². The summed E-state index contributed by atoms with van der Waals surface area (Å²) in [6.07, 6.45) is -0.194. The van der Waals surface area contributed by atoms with Gasteiger partial charge in [-0.2, -0.15) is 13.2 Å². The third kappa shape index (κ3) is 3.78. The molecule has 29 heavy (non-hydrogen) atoms. The molecule has 5 nitrogen and oxygen atoms in total. The quantitative estimate of drug-likeness (QED) is 0.478. The van der Waals surface area contributed by atoms with Crippen molar-refractivity contribution < 1.29 is 18.0 Å². The molecular weight excluding hydrogens is 381 g/mol. The van der Waals surface area contributed by atoms with Crippen LogP contribution in [0.25, 0.3) is 21.7 Å². The molecule has 1 amide bonds. The molecule has 0 fully saturated rings. The van der Waals surface area contributed by atoms with Gasteiger partial charge in [0, 0.05) is 31.0 Å². The lowest BCUT2D eigenvalue weighted by Gasteiger charge is -2.19. The summed E-state index contributed by atoms with van der Waals surface area (Å²) < 4.78 is 39.2. The number of carbonyl (C=O) groups excluding carboxylic acids is 1. The van der Waals surface area contributed by atoms with Gasteiger partial charge in [-0.15, -0.1) is 0 Å². The number of amides is 1. The maximum Gasteiger partial charge on any atom is 0.406 e. The second-order valence-electron chi connectivity index (χ2n) is 6.79. The van der Waals surface area contributed by atoms with E-state index in [-0.39, 0.29) is 18.3 Å². The number of alkyl halides is 3. The van der Waals surface area contributed by atoms with Crippen molar-refractivity contribution in [2.24, 2.45) is 0 Å². The van der Waals surface area contributed by atoms with E-state index in [4.69, 9.17) is 0 Å². The van der Waals surface area contributed by atoms with E-state index < -0.39 is 12.7 Å². The Hall–Kier alpha value is -3.42. The smallest absolute Gasteiger partial charge is 0.334 e. The maximum atomic E-state index is 13.2. The highest BCUT2D eigenvalue weighted by Gasteiger charge is 2.29. The molecule has 0 radical (unpaired) electrons. The number of halogens is 3. The molecule has 0 saturated carbocycles. The number of benzene rings is 2. The van der Waals surface area contributed by atoms with Crippen molar-refractivity contribution >= 4 is 27.6 Å². The summed E-state index contributed by atoms with van der Waals surface area (Å²) in [6, 6.07) is 13.2. The monoisotopic (exact) mass is 398 g/mol. The van der Waals surface area contributed by atoms with Crippen LogP contribution in [-0.2, 0) is 13.1 Å². The van der Waals surface area contributed by atoms with E-state index in [0.717, 1.165) is 20.7 Å². The van der Waals surface area contributed by atoms with Gasteiger partial charge in [-0.1, -0.05) is 30.3 Å². The number of hydrogen-bond donors (Lipinski definition) is 0.